The van der Waals surface area contributed by atoms with Crippen molar-refractivity contribution >= 4 is 0 Å². The molecule has 1 saturated heterocycles. The van der Waals surface area contributed by atoms with Gasteiger partial charge in [0.25, 0.3) is 0 Å². The Labute approximate surface area is 108 Å². The molecule has 1 nitrogen and oxygen atoms in total. The number of ether oxygens (including phenoxy) is 1. The summed E-state index contributed by atoms with van der Waals surface area (Å²) in [5.74, 6) is 0.834. The van der Waals surface area contributed by atoms with Crippen molar-refractivity contribution in [3.63, 3.8) is 0 Å². The summed E-state index contributed by atoms with van der Waals surface area (Å²) in [7, 11) is 0. The van der Waals surface area contributed by atoms with Crippen molar-refractivity contribution in [3.05, 3.63) is 0 Å². The lowest BCUT2D eigenvalue weighted by atomic mass is 9.71. The van der Waals surface area contributed by atoms with Gasteiger partial charge in [-0.1, -0.05) is 59.3 Å². The summed E-state index contributed by atoms with van der Waals surface area (Å²) in [6.07, 6.45) is 12.4. The fraction of sp³-hybridized carbons (Fsp3) is 1.00. The summed E-state index contributed by atoms with van der Waals surface area (Å²) in [4.78, 5) is 0. The second-order valence-corrected chi connectivity index (χ2v) is 5.96. The number of hydrogen-bond acceptors (Lipinski definition) is 1. The zero-order valence-corrected chi connectivity index (χ0v) is 12.4. The number of unbranched alkanes of at least 4 members (excludes halogenated alkanes) is 3. The highest BCUT2D eigenvalue weighted by Gasteiger charge is 2.49. The molecule has 0 aromatic rings. The van der Waals surface area contributed by atoms with Crippen LogP contribution < -0.4 is 0 Å². The molecule has 1 heteroatoms. The Balaban J connectivity index is 2.43. The Hall–Kier alpha value is -0.0400. The Bertz CT molecular complexity index is 202. The van der Waals surface area contributed by atoms with Gasteiger partial charge in [-0.25, -0.2) is 0 Å². The quantitative estimate of drug-likeness (QED) is 0.529. The van der Waals surface area contributed by atoms with E-state index in [2.05, 4.69) is 27.7 Å². The van der Waals surface area contributed by atoms with Crippen LogP contribution in [0, 0.1) is 5.92 Å². The molecule has 102 valence electrons. The van der Waals surface area contributed by atoms with Gasteiger partial charge in [0.05, 0.1) is 11.7 Å². The van der Waals surface area contributed by atoms with E-state index in [1.54, 1.807) is 0 Å². The van der Waals surface area contributed by atoms with E-state index in [0.29, 0.717) is 6.10 Å². The number of hydrogen-bond donors (Lipinski definition) is 0. The first-order chi connectivity index (χ1) is 8.18. The Kier molecular flexibility index (Phi) is 6.54. The molecule has 0 bridgehead atoms. The van der Waals surface area contributed by atoms with Crippen LogP contribution in [0.15, 0.2) is 0 Å². The standard InChI is InChI=1S/C16H32O/c1-5-8-11-14-15(12-9-6-2)17-16(14,4)13-10-7-3/h14-15H,5-13H2,1-4H3. The second kappa shape index (κ2) is 7.41. The fourth-order valence-electron chi connectivity index (χ4n) is 3.19. The molecule has 0 aromatic carbocycles. The molecule has 1 aliphatic rings. The van der Waals surface area contributed by atoms with Crippen LogP contribution in [0.3, 0.4) is 0 Å². The maximum absolute atomic E-state index is 6.24. The normalized spacial score (nSPS) is 32.5. The molecule has 0 saturated carbocycles. The average molecular weight is 240 g/mol. The van der Waals surface area contributed by atoms with Crippen LogP contribution in [0.25, 0.3) is 0 Å². The van der Waals surface area contributed by atoms with E-state index in [0.717, 1.165) is 5.92 Å². The molecular formula is C16H32O. The highest BCUT2D eigenvalue weighted by Crippen LogP contribution is 2.47. The van der Waals surface area contributed by atoms with Gasteiger partial charge in [0, 0.05) is 5.92 Å². The topological polar surface area (TPSA) is 9.23 Å². The van der Waals surface area contributed by atoms with Gasteiger partial charge >= 0.3 is 0 Å². The molecule has 0 amide bonds. The van der Waals surface area contributed by atoms with E-state index < -0.39 is 0 Å². The minimum atomic E-state index is 0.212. The molecule has 0 radical (unpaired) electrons. The van der Waals surface area contributed by atoms with Gasteiger partial charge < -0.3 is 4.74 Å². The van der Waals surface area contributed by atoms with Crippen LogP contribution in [-0.2, 0) is 4.74 Å². The molecule has 0 aliphatic carbocycles. The summed E-state index contributed by atoms with van der Waals surface area (Å²) >= 11 is 0. The highest BCUT2D eigenvalue weighted by atomic mass is 16.5. The molecule has 1 heterocycles. The molecule has 0 spiro atoms. The van der Waals surface area contributed by atoms with Crippen molar-refractivity contribution in [2.24, 2.45) is 5.92 Å². The third kappa shape index (κ3) is 3.98. The smallest absolute Gasteiger partial charge is 0.0711 e. The van der Waals surface area contributed by atoms with Crippen molar-refractivity contribution in [3.8, 4) is 0 Å². The van der Waals surface area contributed by atoms with Gasteiger partial charge in [-0.3, -0.25) is 0 Å². The third-order valence-electron chi connectivity index (χ3n) is 4.39. The average Bonchev–Trinajstić information content (AvgIpc) is 2.32. The van der Waals surface area contributed by atoms with Crippen LogP contribution in [0.2, 0.25) is 0 Å². The van der Waals surface area contributed by atoms with Gasteiger partial charge in [-0.2, -0.15) is 0 Å². The second-order valence-electron chi connectivity index (χ2n) is 5.96. The largest absolute Gasteiger partial charge is 0.371 e. The lowest BCUT2D eigenvalue weighted by Gasteiger charge is -2.54. The summed E-state index contributed by atoms with van der Waals surface area (Å²) in [6.45, 7) is 9.20. The van der Waals surface area contributed by atoms with Crippen molar-refractivity contribution in [2.75, 3.05) is 0 Å². The SMILES string of the molecule is CCCCC1OC(C)(CCCC)C1CCCC. The molecule has 3 unspecified atom stereocenters. The zero-order valence-electron chi connectivity index (χ0n) is 12.4. The van der Waals surface area contributed by atoms with E-state index >= 15 is 0 Å². The monoisotopic (exact) mass is 240 g/mol. The lowest BCUT2D eigenvalue weighted by Crippen LogP contribution is -2.58. The van der Waals surface area contributed by atoms with Crippen LogP contribution >= 0.6 is 0 Å². The van der Waals surface area contributed by atoms with Gasteiger partial charge in [0.2, 0.25) is 0 Å². The van der Waals surface area contributed by atoms with Crippen LogP contribution in [0.1, 0.15) is 85.5 Å². The minimum Gasteiger partial charge on any atom is -0.371 e. The maximum atomic E-state index is 6.24. The third-order valence-corrected chi connectivity index (χ3v) is 4.39. The van der Waals surface area contributed by atoms with Gasteiger partial charge in [-0.05, 0) is 26.2 Å². The first kappa shape index (κ1) is 15.0. The van der Waals surface area contributed by atoms with E-state index in [-0.39, 0.29) is 5.60 Å². The molecular weight excluding hydrogens is 208 g/mol. The van der Waals surface area contributed by atoms with E-state index in [9.17, 15) is 0 Å². The van der Waals surface area contributed by atoms with Crippen molar-refractivity contribution in [1.82, 2.24) is 0 Å². The summed E-state index contributed by atoms with van der Waals surface area (Å²) in [6, 6.07) is 0. The van der Waals surface area contributed by atoms with E-state index in [1.807, 2.05) is 0 Å². The first-order valence-corrected chi connectivity index (χ1v) is 7.85. The van der Waals surface area contributed by atoms with Gasteiger partial charge in [0.1, 0.15) is 0 Å². The zero-order chi connectivity index (χ0) is 12.7. The molecule has 1 aliphatic heterocycles. The van der Waals surface area contributed by atoms with E-state index in [1.165, 1.54) is 57.8 Å². The Morgan fingerprint density at radius 2 is 1.47 bits per heavy atom. The minimum absolute atomic E-state index is 0.212. The molecule has 0 aromatic heterocycles. The molecule has 17 heavy (non-hydrogen) atoms. The van der Waals surface area contributed by atoms with Crippen LogP contribution in [-0.4, -0.2) is 11.7 Å². The Morgan fingerprint density at radius 3 is 2.06 bits per heavy atom. The van der Waals surface area contributed by atoms with Gasteiger partial charge in [-0.15, -0.1) is 0 Å². The molecule has 1 rings (SSSR count). The number of rotatable bonds is 9. The predicted molar refractivity (Wildman–Crippen MR) is 75.3 cm³/mol. The fourth-order valence-corrected chi connectivity index (χ4v) is 3.19. The molecule has 3 atom stereocenters. The van der Waals surface area contributed by atoms with Gasteiger partial charge in [0.15, 0.2) is 0 Å². The molecule has 1 fully saturated rings. The summed E-state index contributed by atoms with van der Waals surface area (Å²) in [5.41, 5.74) is 0.212. The predicted octanol–water partition coefficient (Wildman–Crippen LogP) is 5.33. The van der Waals surface area contributed by atoms with Crippen molar-refractivity contribution in [2.45, 2.75) is 97.2 Å². The summed E-state index contributed by atoms with van der Waals surface area (Å²) in [5, 5.41) is 0. The highest BCUT2D eigenvalue weighted by molar-refractivity contribution is 4.98. The van der Waals surface area contributed by atoms with Crippen LogP contribution in [0.4, 0.5) is 0 Å². The molecule has 0 N–H and O–H groups in total. The Morgan fingerprint density at radius 1 is 0.882 bits per heavy atom. The van der Waals surface area contributed by atoms with E-state index in [4.69, 9.17) is 4.74 Å². The van der Waals surface area contributed by atoms with Crippen molar-refractivity contribution in [1.29, 1.82) is 0 Å². The summed E-state index contributed by atoms with van der Waals surface area (Å²) < 4.78 is 6.24. The maximum Gasteiger partial charge on any atom is 0.0711 e. The first-order valence-electron chi connectivity index (χ1n) is 7.85. The van der Waals surface area contributed by atoms with Crippen molar-refractivity contribution < 1.29 is 4.74 Å². The lowest BCUT2D eigenvalue weighted by molar-refractivity contribution is -0.259. The van der Waals surface area contributed by atoms with Crippen LogP contribution in [0.5, 0.6) is 0 Å².